The Bertz CT molecular complexity index is 467. The van der Waals surface area contributed by atoms with Gasteiger partial charge in [0, 0.05) is 12.0 Å². The van der Waals surface area contributed by atoms with E-state index in [1.54, 1.807) is 0 Å². The number of Topliss-reactive ketones (excluding diaryl/α,β-unsaturated/α-hetero) is 1. The maximum absolute atomic E-state index is 12.5. The maximum Gasteiger partial charge on any atom is 0.166 e. The van der Waals surface area contributed by atoms with Crippen LogP contribution in [-0.2, 0) is 5.41 Å². The number of unbranched alkanes of at least 4 members (excludes halogenated alkanes) is 1. The zero-order valence-corrected chi connectivity index (χ0v) is 13.8. The second-order valence-electron chi connectivity index (χ2n) is 6.40. The van der Waals surface area contributed by atoms with Gasteiger partial charge in [0.25, 0.3) is 0 Å². The molecule has 0 saturated heterocycles. The number of hydrogen-bond donors (Lipinski definition) is 0. The summed E-state index contributed by atoms with van der Waals surface area (Å²) in [7, 11) is 0. The van der Waals surface area contributed by atoms with Gasteiger partial charge in [-0.05, 0) is 37.3 Å². The summed E-state index contributed by atoms with van der Waals surface area (Å²) < 4.78 is 5.83. The fraction of sp³-hybridized carbons (Fsp3) is 0.611. The summed E-state index contributed by atoms with van der Waals surface area (Å²) in [4.78, 5) is 12.5. The minimum atomic E-state index is -0.0314. The number of carbonyl (C=O) groups excluding carboxylic acids is 1. The van der Waals surface area contributed by atoms with E-state index in [-0.39, 0.29) is 11.2 Å². The molecular weight excluding hydrogens is 248 g/mol. The molecule has 0 bridgehead atoms. The van der Waals surface area contributed by atoms with Crippen LogP contribution in [0.2, 0.25) is 0 Å². The van der Waals surface area contributed by atoms with E-state index < -0.39 is 0 Å². The van der Waals surface area contributed by atoms with Crippen molar-refractivity contribution in [1.29, 1.82) is 0 Å². The third-order valence-corrected chi connectivity index (χ3v) is 3.39. The number of ether oxygens (including phenoxy) is 1. The molecule has 1 rings (SSSR count). The largest absolute Gasteiger partial charge is 0.493 e. The third-order valence-electron chi connectivity index (χ3n) is 3.39. The summed E-state index contributed by atoms with van der Waals surface area (Å²) in [5.41, 5.74) is 2.97. The number of ketones is 1. The average Bonchev–Trinajstić information content (AvgIpc) is 2.36. The van der Waals surface area contributed by atoms with Crippen LogP contribution in [-0.4, -0.2) is 12.4 Å². The van der Waals surface area contributed by atoms with Crippen LogP contribution in [0.3, 0.4) is 0 Å². The molecule has 0 fully saturated rings. The number of rotatable bonds is 6. The average molecular weight is 276 g/mol. The first-order valence-electron chi connectivity index (χ1n) is 7.62. The van der Waals surface area contributed by atoms with Crippen molar-refractivity contribution in [3.8, 4) is 5.75 Å². The van der Waals surface area contributed by atoms with Gasteiger partial charge in [-0.1, -0.05) is 40.2 Å². The van der Waals surface area contributed by atoms with Gasteiger partial charge in [0.2, 0.25) is 0 Å². The molecule has 0 heterocycles. The zero-order chi connectivity index (χ0) is 15.3. The van der Waals surface area contributed by atoms with Crippen molar-refractivity contribution in [2.24, 2.45) is 0 Å². The second-order valence-corrected chi connectivity index (χ2v) is 6.40. The Labute approximate surface area is 123 Å². The van der Waals surface area contributed by atoms with Crippen molar-refractivity contribution in [2.45, 2.75) is 66.2 Å². The molecule has 1 aromatic carbocycles. The lowest BCUT2D eigenvalue weighted by molar-refractivity contribution is 0.0975. The zero-order valence-electron chi connectivity index (χ0n) is 13.8. The normalized spacial score (nSPS) is 11.5. The van der Waals surface area contributed by atoms with Crippen molar-refractivity contribution in [3.63, 3.8) is 0 Å². The fourth-order valence-electron chi connectivity index (χ4n) is 2.31. The first-order chi connectivity index (χ1) is 9.31. The van der Waals surface area contributed by atoms with E-state index in [1.807, 2.05) is 19.9 Å². The van der Waals surface area contributed by atoms with Crippen LogP contribution in [0, 0.1) is 6.92 Å². The van der Waals surface area contributed by atoms with Gasteiger partial charge in [-0.15, -0.1) is 0 Å². The molecule has 0 N–H and O–H groups in total. The first-order valence-corrected chi connectivity index (χ1v) is 7.62. The van der Waals surface area contributed by atoms with Crippen molar-refractivity contribution in [2.75, 3.05) is 6.61 Å². The topological polar surface area (TPSA) is 26.3 Å². The molecule has 0 amide bonds. The number of aryl methyl sites for hydroxylation is 1. The summed E-state index contributed by atoms with van der Waals surface area (Å²) in [6.45, 7) is 13.2. The third kappa shape index (κ3) is 4.09. The molecule has 2 heteroatoms. The van der Waals surface area contributed by atoms with Crippen LogP contribution in [0.25, 0.3) is 0 Å². The maximum atomic E-state index is 12.5. The van der Waals surface area contributed by atoms with Gasteiger partial charge in [-0.25, -0.2) is 0 Å². The Morgan fingerprint density at radius 3 is 2.35 bits per heavy atom. The molecule has 0 aliphatic rings. The molecule has 0 radical (unpaired) electrons. The van der Waals surface area contributed by atoms with E-state index in [1.165, 1.54) is 0 Å². The van der Waals surface area contributed by atoms with E-state index in [2.05, 4.69) is 33.8 Å². The molecule has 0 aliphatic heterocycles. The van der Waals surface area contributed by atoms with Crippen molar-refractivity contribution in [3.05, 3.63) is 28.8 Å². The summed E-state index contributed by atoms with van der Waals surface area (Å²) in [6, 6.07) is 4.11. The van der Waals surface area contributed by atoms with Gasteiger partial charge in [-0.2, -0.15) is 0 Å². The molecule has 0 atom stereocenters. The molecular formula is C18H28O2. The Kier molecular flexibility index (Phi) is 5.79. The second kappa shape index (κ2) is 6.92. The van der Waals surface area contributed by atoms with E-state index >= 15 is 0 Å². The monoisotopic (exact) mass is 276 g/mol. The van der Waals surface area contributed by atoms with Crippen LogP contribution >= 0.6 is 0 Å². The minimum Gasteiger partial charge on any atom is -0.493 e. The SMILES string of the molecule is CCCCC(=O)c1cc(C)cc(C(C)(C)C)c1OCC. The predicted molar refractivity (Wildman–Crippen MR) is 84.9 cm³/mol. The smallest absolute Gasteiger partial charge is 0.166 e. The molecule has 0 aliphatic carbocycles. The van der Waals surface area contributed by atoms with Gasteiger partial charge in [0.1, 0.15) is 5.75 Å². The highest BCUT2D eigenvalue weighted by Gasteiger charge is 2.24. The quantitative estimate of drug-likeness (QED) is 0.678. The van der Waals surface area contributed by atoms with Gasteiger partial charge in [0.05, 0.1) is 12.2 Å². The molecule has 20 heavy (non-hydrogen) atoms. The van der Waals surface area contributed by atoms with Crippen LogP contribution in [0.4, 0.5) is 0 Å². The first kappa shape index (κ1) is 16.7. The Morgan fingerprint density at radius 2 is 1.85 bits per heavy atom. The van der Waals surface area contributed by atoms with Crippen LogP contribution in [0.1, 0.15) is 75.4 Å². The van der Waals surface area contributed by atoms with E-state index in [9.17, 15) is 4.79 Å². The van der Waals surface area contributed by atoms with Crippen LogP contribution in [0.15, 0.2) is 12.1 Å². The fourth-order valence-corrected chi connectivity index (χ4v) is 2.31. The minimum absolute atomic E-state index is 0.0314. The molecule has 0 aromatic heterocycles. The number of hydrogen-bond acceptors (Lipinski definition) is 2. The highest BCUT2D eigenvalue weighted by Crippen LogP contribution is 2.36. The number of carbonyl (C=O) groups is 1. The standard InChI is InChI=1S/C18H28O2/c1-7-9-10-16(19)14-11-13(3)12-15(18(4,5)6)17(14)20-8-2/h11-12H,7-10H2,1-6H3. The number of benzene rings is 1. The van der Waals surface area contributed by atoms with Gasteiger partial charge >= 0.3 is 0 Å². The molecule has 0 saturated carbocycles. The van der Waals surface area contributed by atoms with E-state index in [0.717, 1.165) is 35.3 Å². The molecule has 0 unspecified atom stereocenters. The molecule has 2 nitrogen and oxygen atoms in total. The van der Waals surface area contributed by atoms with E-state index in [4.69, 9.17) is 4.74 Å². The van der Waals surface area contributed by atoms with Crippen molar-refractivity contribution >= 4 is 5.78 Å². The van der Waals surface area contributed by atoms with Crippen molar-refractivity contribution in [1.82, 2.24) is 0 Å². The highest BCUT2D eigenvalue weighted by atomic mass is 16.5. The lowest BCUT2D eigenvalue weighted by Crippen LogP contribution is -2.16. The molecule has 0 spiro atoms. The summed E-state index contributed by atoms with van der Waals surface area (Å²) >= 11 is 0. The molecule has 112 valence electrons. The highest BCUT2D eigenvalue weighted by molar-refractivity contribution is 5.99. The van der Waals surface area contributed by atoms with Crippen LogP contribution in [0.5, 0.6) is 5.75 Å². The van der Waals surface area contributed by atoms with Crippen molar-refractivity contribution < 1.29 is 9.53 Å². The Balaban J connectivity index is 3.34. The van der Waals surface area contributed by atoms with Gasteiger partial charge in [0.15, 0.2) is 5.78 Å². The van der Waals surface area contributed by atoms with Gasteiger partial charge < -0.3 is 4.74 Å². The van der Waals surface area contributed by atoms with Crippen LogP contribution < -0.4 is 4.74 Å². The lowest BCUT2D eigenvalue weighted by Gasteiger charge is -2.25. The van der Waals surface area contributed by atoms with Gasteiger partial charge in [-0.3, -0.25) is 4.79 Å². The van der Waals surface area contributed by atoms with E-state index in [0.29, 0.717) is 13.0 Å². The Hall–Kier alpha value is -1.31. The summed E-state index contributed by atoms with van der Waals surface area (Å²) in [6.07, 6.45) is 2.57. The summed E-state index contributed by atoms with van der Waals surface area (Å²) in [5.74, 6) is 0.983. The lowest BCUT2D eigenvalue weighted by atomic mass is 9.83. The predicted octanol–water partition coefficient (Wildman–Crippen LogP) is 5.06. The Morgan fingerprint density at radius 1 is 1.20 bits per heavy atom. The summed E-state index contributed by atoms with van der Waals surface area (Å²) in [5, 5.41) is 0. The molecule has 1 aromatic rings.